The average Bonchev–Trinajstić information content (AvgIpc) is 3.41. The molecule has 0 radical (unpaired) electrons. The molecule has 35 heteroatoms. The minimum Gasteiger partial charge on any atom is -0.506 e. The number of ether oxygens (including phenoxy) is 9. The van der Waals surface area contributed by atoms with E-state index in [1.165, 1.54) is 0 Å². The minimum absolute atomic E-state index is 0.417. The fraction of sp³-hybridized carbons (Fsp3) is 0.762. The summed E-state index contributed by atoms with van der Waals surface area (Å²) in [6.07, 6.45) is -49.8. The second-order valence-electron chi connectivity index (χ2n) is 17.0. The Bertz CT molecular complexity index is 1970. The molecule has 2 fully saturated rings. The van der Waals surface area contributed by atoms with Crippen LogP contribution in [0.5, 0.6) is 0 Å². The van der Waals surface area contributed by atoms with Gasteiger partial charge in [-0.05, 0) is 13.0 Å². The van der Waals surface area contributed by atoms with E-state index >= 15 is 0 Å². The van der Waals surface area contributed by atoms with Crippen molar-refractivity contribution in [2.75, 3.05) is 46.2 Å². The highest BCUT2D eigenvalue weighted by molar-refractivity contribution is 5.14. The number of aliphatic hydroxyl groups is 25. The van der Waals surface area contributed by atoms with E-state index in [1.807, 2.05) is 0 Å². The molecule has 35 nitrogen and oxygen atoms in total. The molecule has 0 aromatic carbocycles. The van der Waals surface area contributed by atoms with Crippen molar-refractivity contribution in [2.45, 2.75) is 155 Å². The van der Waals surface area contributed by atoms with E-state index in [4.69, 9.17) is 48.4 Å². The molecule has 0 aromatic rings. The predicted octanol–water partition coefficient (Wildman–Crippen LogP) is -7.32. The maximum atomic E-state index is 11.1. The summed E-state index contributed by atoms with van der Waals surface area (Å²) < 4.78 is 47.4. The number of hydrogen-bond acceptors (Lipinski definition) is 35. The molecule has 77 heavy (non-hydrogen) atoms. The Kier molecular flexibility index (Phi) is 27.4. The monoisotopic (exact) mass is 1130 g/mol. The van der Waals surface area contributed by atoms with Crippen LogP contribution in [0.2, 0.25) is 0 Å². The lowest BCUT2D eigenvalue weighted by molar-refractivity contribution is -0.331. The molecule has 0 aromatic heterocycles. The summed E-state index contributed by atoms with van der Waals surface area (Å²) in [4.78, 5) is 0. The van der Waals surface area contributed by atoms with Gasteiger partial charge >= 0.3 is 0 Å². The van der Waals surface area contributed by atoms with E-state index in [0.717, 1.165) is 0 Å². The summed E-state index contributed by atoms with van der Waals surface area (Å²) in [5.41, 5.74) is 5.62. The molecule has 5 rings (SSSR count). The van der Waals surface area contributed by atoms with Gasteiger partial charge in [-0.25, -0.2) is 0 Å². The van der Waals surface area contributed by atoms with Gasteiger partial charge in [0, 0.05) is 52.1 Å². The first kappa shape index (κ1) is 67.0. The van der Waals surface area contributed by atoms with Gasteiger partial charge in [-0.15, -0.1) is 0 Å². The molecule has 5 aliphatic heterocycles. The van der Waals surface area contributed by atoms with Gasteiger partial charge in [0.15, 0.2) is 70.2 Å². The summed E-state index contributed by atoms with van der Waals surface area (Å²) >= 11 is 0. The van der Waals surface area contributed by atoms with Crippen LogP contribution in [0.25, 0.3) is 0 Å². The van der Waals surface area contributed by atoms with Crippen LogP contribution >= 0.6 is 0 Å². The molecule has 0 spiro atoms. The Hall–Kier alpha value is -4.30. The van der Waals surface area contributed by atoms with Crippen molar-refractivity contribution in [3.63, 3.8) is 0 Å². The van der Waals surface area contributed by atoms with Gasteiger partial charge in [-0.2, -0.15) is 0 Å². The van der Waals surface area contributed by atoms with Crippen LogP contribution in [0.1, 0.15) is 32.1 Å². The SMILES string of the molecule is NCCC1OC2OC(CO)C(OC(O)/C(O)=C(/O)C(CCO)OC3OC(CO)C(OC(O)/C(O)=C(/O)C(CCO)OC(O)/C(O)=C(/O)C(CCO)OC(O)/C(O)=C(/O)C(CCO)OC(O)/C(O)=C\1O)C(O)C3O)C(O)C2O. The molecular formula is C42H71NO34. The molecule has 448 valence electrons. The number of fused-ring (bicyclic) bond motifs is 2. The average molecular weight is 1130 g/mol. The van der Waals surface area contributed by atoms with Crippen LogP contribution in [-0.4, -0.2) is 297 Å². The van der Waals surface area contributed by atoms with Crippen LogP contribution < -0.4 is 5.73 Å². The largest absolute Gasteiger partial charge is 0.506 e. The Morgan fingerprint density at radius 3 is 0.753 bits per heavy atom. The predicted molar refractivity (Wildman–Crippen MR) is 242 cm³/mol. The second-order valence-corrected chi connectivity index (χ2v) is 17.0. The molecule has 2 saturated heterocycles. The normalized spacial score (nSPS) is 43.0. The maximum absolute atomic E-state index is 11.1. The zero-order valence-corrected chi connectivity index (χ0v) is 40.5. The van der Waals surface area contributed by atoms with E-state index < -0.39 is 259 Å². The quantitative estimate of drug-likeness (QED) is 0.0863. The van der Waals surface area contributed by atoms with Gasteiger partial charge in [-0.1, -0.05) is 0 Å². The Morgan fingerprint density at radius 2 is 0.519 bits per heavy atom. The first-order valence-electron chi connectivity index (χ1n) is 23.3. The van der Waals surface area contributed by atoms with Gasteiger partial charge in [0.05, 0.1) is 13.2 Å². The first-order valence-corrected chi connectivity index (χ1v) is 23.3. The zero-order chi connectivity index (χ0) is 58.2. The molecule has 5 heterocycles. The lowest BCUT2D eigenvalue weighted by atomic mass is 9.98. The van der Waals surface area contributed by atoms with Crippen LogP contribution in [0.4, 0.5) is 0 Å². The lowest BCUT2D eigenvalue weighted by Crippen LogP contribution is -2.61. The highest BCUT2D eigenvalue weighted by Gasteiger charge is 2.50. The number of nitrogens with two attached hydrogens (primary N) is 1. The van der Waals surface area contributed by atoms with Gasteiger partial charge < -0.3 is 176 Å². The molecule has 0 amide bonds. The molecule has 20 atom stereocenters. The van der Waals surface area contributed by atoms with Crippen molar-refractivity contribution in [3.05, 3.63) is 57.6 Å². The fourth-order valence-electron chi connectivity index (χ4n) is 7.50. The maximum Gasteiger partial charge on any atom is 0.218 e. The number of aliphatic hydroxyl groups excluding tert-OH is 25. The molecule has 5 aliphatic rings. The van der Waals surface area contributed by atoms with Crippen molar-refractivity contribution < 1.29 is 170 Å². The topological polar surface area (TPSA) is 615 Å². The highest BCUT2D eigenvalue weighted by Crippen LogP contribution is 2.33. The summed E-state index contributed by atoms with van der Waals surface area (Å²) in [7, 11) is 0. The van der Waals surface area contributed by atoms with Crippen molar-refractivity contribution >= 4 is 0 Å². The Labute approximate surface area is 434 Å². The van der Waals surface area contributed by atoms with Gasteiger partial charge in [-0.3, -0.25) is 0 Å². The van der Waals surface area contributed by atoms with Crippen LogP contribution in [0, 0.1) is 0 Å². The van der Waals surface area contributed by atoms with Gasteiger partial charge in [0.1, 0.15) is 79.4 Å². The Balaban J connectivity index is 2.20. The van der Waals surface area contributed by atoms with E-state index in [-0.39, 0.29) is 0 Å². The standard InChI is InChI=1S/C42H71NO34/c43-6-1-13-20(50)27(57)36(64)69-14(2-7-44)21(51)28(58)37(65)70-15(3-8-45)22(52)29(59)38(66)71-16(4-9-46)23(53)30(60)39(67)76-35-19(12-49)75-42(33(63)26(35)56)73-17(5-10-47)24(54)31(61)40(68)77-34-18(11-48)74-41(72-13)32(62)25(34)55/h13-19,25-26,32-42,44-68H,1-12,43H2/b27-20-,28-21-,29-22-,30-23-,31-24-. The summed E-state index contributed by atoms with van der Waals surface area (Å²) in [6.45, 7) is -6.54. The van der Waals surface area contributed by atoms with Crippen molar-refractivity contribution in [3.8, 4) is 0 Å². The molecule has 20 unspecified atom stereocenters. The highest BCUT2D eigenvalue weighted by atomic mass is 16.7. The van der Waals surface area contributed by atoms with E-state index in [9.17, 15) is 128 Å². The van der Waals surface area contributed by atoms with Crippen molar-refractivity contribution in [2.24, 2.45) is 5.73 Å². The van der Waals surface area contributed by atoms with E-state index in [2.05, 4.69) is 0 Å². The number of hydrogen-bond donors (Lipinski definition) is 26. The third-order valence-corrected chi connectivity index (χ3v) is 11.7. The summed E-state index contributed by atoms with van der Waals surface area (Å²) in [5, 5.41) is 266. The first-order chi connectivity index (χ1) is 36.3. The molecule has 4 bridgehead atoms. The fourth-order valence-corrected chi connectivity index (χ4v) is 7.50. The minimum atomic E-state index is -2.83. The zero-order valence-electron chi connectivity index (χ0n) is 40.5. The van der Waals surface area contributed by atoms with E-state index in [1.54, 1.807) is 0 Å². The molecule has 0 aliphatic carbocycles. The van der Waals surface area contributed by atoms with Crippen molar-refractivity contribution in [1.82, 2.24) is 0 Å². The molecule has 0 saturated carbocycles. The third kappa shape index (κ3) is 17.1. The third-order valence-electron chi connectivity index (χ3n) is 11.7. The molecule has 27 N–H and O–H groups in total. The Morgan fingerprint density at radius 1 is 0.286 bits per heavy atom. The van der Waals surface area contributed by atoms with Crippen LogP contribution in [-0.2, 0) is 42.6 Å². The molecular weight excluding hydrogens is 1060 g/mol. The number of rotatable bonds is 12. The summed E-state index contributed by atoms with van der Waals surface area (Å²) in [6, 6.07) is 0. The van der Waals surface area contributed by atoms with Gasteiger partial charge in [0.25, 0.3) is 0 Å². The smallest absolute Gasteiger partial charge is 0.218 e. The van der Waals surface area contributed by atoms with E-state index in [0.29, 0.717) is 0 Å². The summed E-state index contributed by atoms with van der Waals surface area (Å²) in [5.74, 6) is -15.3. The second kappa shape index (κ2) is 31.5. The van der Waals surface area contributed by atoms with Crippen molar-refractivity contribution in [1.29, 1.82) is 0 Å². The van der Waals surface area contributed by atoms with Crippen LogP contribution in [0.3, 0.4) is 0 Å². The van der Waals surface area contributed by atoms with Crippen LogP contribution in [0.15, 0.2) is 57.6 Å². The lowest BCUT2D eigenvalue weighted by Gasteiger charge is -2.43. The van der Waals surface area contributed by atoms with Gasteiger partial charge in [0.2, 0.25) is 31.5 Å².